The van der Waals surface area contributed by atoms with Crippen LogP contribution in [0.3, 0.4) is 0 Å². The maximum atomic E-state index is 12.2. The minimum Gasteiger partial charge on any atom is -0.758 e. The largest absolute Gasteiger partial charge is 0.758 e. The molecule has 0 aliphatic rings. The molecule has 0 aliphatic carbocycles. The van der Waals surface area contributed by atoms with Gasteiger partial charge in [0.25, 0.3) is 0 Å². The van der Waals surface area contributed by atoms with Gasteiger partial charge >= 0.3 is 34.3 Å². The first kappa shape index (κ1) is 136. The topological polar surface area (TPSA) is 308 Å². The Balaban J connectivity index is -0.000000168. The van der Waals surface area contributed by atoms with Crippen LogP contribution in [0.4, 0.5) is 65.9 Å². The Kier molecular flexibility index (Phi) is 82.7. The number of quaternary nitrogens is 4. The van der Waals surface area contributed by atoms with Crippen LogP contribution < -0.4 is 4.57 Å². The molecule has 21 nitrogen and oxygen atoms in total. The Morgan fingerprint density at radius 3 is 0.529 bits per heavy atom. The Labute approximate surface area is 725 Å². The van der Waals surface area contributed by atoms with Gasteiger partial charge < -0.3 is 40.7 Å². The SMILES string of the molecule is CCCC[N+](CCCC)(CCCC)CCCC.CCCC[N+](CCCC)(CCCC)CCCC.CCCC[N+](CCCC)(CCCC)CCCC.CCCC[N+](CCCC)(CCCC)CCCC.CCCCn1cc[n+](C)c1.CS(=O)(=O)[O-].CS(=O)(=O)[O-].N=S(=O)([O-])C(F)(F)F.N=S(=O)([O-])C(F)(F)F.O=S(=O)([O-])C(F)(F)C(F)(F)C(F)(F)C(F)(F)F. The molecule has 0 radical (unpaired) electrons. The van der Waals surface area contributed by atoms with Gasteiger partial charge in [-0.05, 0) is 109 Å². The minimum atomic E-state index is -7.43. The number of rotatable bonds is 54. The molecule has 0 bridgehead atoms. The van der Waals surface area contributed by atoms with Gasteiger partial charge in [-0.3, -0.25) is 18.0 Å². The number of aromatic nitrogens is 2. The average Bonchev–Trinajstić information content (AvgIpc) is 1.17. The summed E-state index contributed by atoms with van der Waals surface area (Å²) in [6.07, 6.45) is 47.1. The summed E-state index contributed by atoms with van der Waals surface area (Å²) in [7, 11) is -24.4. The van der Waals surface area contributed by atoms with E-state index in [0.29, 0.717) is 12.5 Å². The highest BCUT2D eigenvalue weighted by Crippen LogP contribution is 2.54. The molecule has 121 heavy (non-hydrogen) atoms. The first-order chi connectivity index (χ1) is 55.3. The molecule has 2 atom stereocenters. The normalized spacial score (nSPS) is 13.5. The Morgan fingerprint density at radius 1 is 0.298 bits per heavy atom. The number of nitrogens with one attached hydrogen (secondary N) is 2. The highest BCUT2D eigenvalue weighted by Gasteiger charge is 2.84. The molecule has 1 heterocycles. The molecule has 0 aromatic carbocycles. The third-order valence-electron chi connectivity index (χ3n) is 19.4. The van der Waals surface area contributed by atoms with E-state index in [1.165, 1.54) is 341 Å². The molecule has 0 saturated carbocycles. The van der Waals surface area contributed by atoms with E-state index in [1.54, 1.807) is 0 Å². The number of aryl methyl sites for hydroxylation is 2. The first-order valence-corrected chi connectivity index (χ1v) is 51.8. The predicted octanol–water partition coefficient (Wildman–Crippen LogP) is 22.8. The first-order valence-electron chi connectivity index (χ1n) is 43.8. The van der Waals surface area contributed by atoms with Crippen molar-refractivity contribution in [2.24, 2.45) is 7.05 Å². The molecule has 0 fully saturated rings. The molecular weight excluding hydrogens is 1730 g/mol. The van der Waals surface area contributed by atoms with Crippen LogP contribution >= 0.6 is 0 Å². The average molecular weight is 1890 g/mol. The van der Waals surface area contributed by atoms with Crippen LogP contribution in [0.5, 0.6) is 0 Å². The number of halogens is 15. The quantitative estimate of drug-likeness (QED) is 0.0266. The second-order valence-electron chi connectivity index (χ2n) is 31.2. The number of hydrogen-bond donors (Lipinski definition) is 2. The highest BCUT2D eigenvalue weighted by molar-refractivity contribution is 7.88. The lowest BCUT2D eigenvalue weighted by molar-refractivity contribution is -0.929. The minimum absolute atomic E-state index is 0.604. The highest BCUT2D eigenvalue weighted by atomic mass is 32.2. The lowest BCUT2D eigenvalue weighted by Crippen LogP contribution is -2.63. The van der Waals surface area contributed by atoms with E-state index in [0.717, 1.165) is 6.54 Å². The summed E-state index contributed by atoms with van der Waals surface area (Å²) in [4.78, 5) is 0. The van der Waals surface area contributed by atoms with Gasteiger partial charge in [-0.15, -0.1) is 0 Å². The van der Waals surface area contributed by atoms with Crippen molar-refractivity contribution >= 4 is 50.4 Å². The summed E-state index contributed by atoms with van der Waals surface area (Å²) >= 11 is 0. The van der Waals surface area contributed by atoms with Crippen molar-refractivity contribution in [3.63, 3.8) is 0 Å². The zero-order chi connectivity index (χ0) is 96.8. The van der Waals surface area contributed by atoms with Crippen molar-refractivity contribution in [2.75, 3.05) is 117 Å². The second kappa shape index (κ2) is 73.3. The van der Waals surface area contributed by atoms with Crippen molar-refractivity contribution in [3.8, 4) is 0 Å². The summed E-state index contributed by atoms with van der Waals surface area (Å²) in [5, 5.41) is -7.11. The van der Waals surface area contributed by atoms with Gasteiger partial charge in [-0.2, -0.15) is 65.9 Å². The van der Waals surface area contributed by atoms with Gasteiger partial charge in [-0.1, -0.05) is 227 Å². The molecule has 41 heteroatoms. The third-order valence-corrected chi connectivity index (χ3v) is 21.5. The standard InChI is InChI=1S/4C16H36N.C8H15N2.C4HF9O3S.2CH2F3NO2S.2CH4O3S/c4*1-5-9-13-17(14-10-6-2,15-11-7-3)16-12-8-4;1-3-4-5-10-7-6-9(2)8-10;5-1(6,3(9,10)11)2(7,8)4(12,13)17(14,15)16;2*2-1(3,4)8(5,6)7;2*1-5(2,3)4/h4*5-16H2,1-4H3;6-8H,3-5H2,1-2H3;(H,14,15,16);2*(H2,5,6,7);2*1H3,(H,2,3,4)/q5*+1;;;;;/p-5. The van der Waals surface area contributed by atoms with Crippen LogP contribution in [-0.4, -0.2) is 230 Å². The van der Waals surface area contributed by atoms with Gasteiger partial charge in [-0.25, -0.2) is 34.4 Å². The molecule has 0 aliphatic heterocycles. The van der Waals surface area contributed by atoms with Crippen molar-refractivity contribution in [1.82, 2.24) is 4.57 Å². The van der Waals surface area contributed by atoms with E-state index in [4.69, 9.17) is 35.5 Å². The van der Waals surface area contributed by atoms with Gasteiger partial charge in [0.05, 0.1) is 159 Å². The second-order valence-corrected chi connectivity index (χ2v) is 38.4. The maximum absolute atomic E-state index is 12.2. The van der Waals surface area contributed by atoms with Crippen molar-refractivity contribution < 1.29 is 145 Å². The summed E-state index contributed by atoms with van der Waals surface area (Å²) in [5.41, 5.74) is -10.8. The maximum Gasteiger partial charge on any atom is 0.466 e. The van der Waals surface area contributed by atoms with Crippen molar-refractivity contribution in [3.05, 3.63) is 18.7 Å². The molecule has 0 amide bonds. The third kappa shape index (κ3) is 75.1. The smallest absolute Gasteiger partial charge is 0.466 e. The van der Waals surface area contributed by atoms with Gasteiger partial charge in [0.15, 0.2) is 10.1 Å². The van der Waals surface area contributed by atoms with E-state index in [1.807, 2.05) is 7.05 Å². The van der Waals surface area contributed by atoms with E-state index < -0.39 is 84.7 Å². The number of nitrogens with zero attached hydrogens (tertiary/aromatic N) is 6. The molecule has 1 aromatic rings. The van der Waals surface area contributed by atoms with Crippen LogP contribution in [0.1, 0.15) is 336 Å². The van der Waals surface area contributed by atoms with E-state index in [2.05, 4.69) is 146 Å². The predicted molar refractivity (Wildman–Crippen MR) is 455 cm³/mol. The molecule has 0 saturated heterocycles. The van der Waals surface area contributed by atoms with Crippen molar-refractivity contribution in [1.29, 1.82) is 9.56 Å². The number of hydrogen-bond acceptors (Lipinski definition) is 15. The lowest BCUT2D eigenvalue weighted by atomic mass is 10.1. The van der Waals surface area contributed by atoms with Crippen LogP contribution in [0.15, 0.2) is 18.7 Å². The summed E-state index contributed by atoms with van der Waals surface area (Å²) in [6.45, 7) is 63.4. The molecule has 0 spiro atoms. The van der Waals surface area contributed by atoms with Gasteiger partial charge in [0.2, 0.25) is 6.33 Å². The summed E-state index contributed by atoms with van der Waals surface area (Å²) in [5.74, 6) is -14.8. The van der Waals surface area contributed by atoms with Crippen LogP contribution in [0.25, 0.3) is 0 Å². The zero-order valence-corrected chi connectivity index (χ0v) is 81.6. The Hall–Kier alpha value is -2.45. The van der Waals surface area contributed by atoms with Crippen LogP contribution in [0, 0.1) is 9.56 Å². The molecule has 1 rings (SSSR count). The number of imidazole rings is 1. The van der Waals surface area contributed by atoms with E-state index in [-0.39, 0.29) is 0 Å². The van der Waals surface area contributed by atoms with Crippen molar-refractivity contribution in [2.45, 2.75) is 377 Å². The number of alkyl halides is 15. The van der Waals surface area contributed by atoms with E-state index in [9.17, 15) is 96.4 Å². The van der Waals surface area contributed by atoms with Crippen LogP contribution in [-0.2, 0) is 64.0 Å². The van der Waals surface area contributed by atoms with Crippen LogP contribution in [0.2, 0.25) is 0 Å². The van der Waals surface area contributed by atoms with E-state index >= 15 is 0 Å². The summed E-state index contributed by atoms with van der Waals surface area (Å²) < 4.78 is 312. The fourth-order valence-corrected chi connectivity index (χ4v) is 12.5. The fraction of sp³-hybridized carbons (Fsp3) is 0.963. The molecule has 2 unspecified atom stereocenters. The lowest BCUT2D eigenvalue weighted by Gasteiger charge is -2.39. The molecule has 740 valence electrons. The molecule has 1 aromatic heterocycles. The fourth-order valence-electron chi connectivity index (χ4n) is 12.1. The summed E-state index contributed by atoms with van der Waals surface area (Å²) in [6, 6.07) is 0. The molecular formula is C80H167F15N8O13S5. The Bertz CT molecular complexity index is 2770. The Morgan fingerprint density at radius 2 is 0.438 bits per heavy atom. The monoisotopic (exact) mass is 1890 g/mol. The molecule has 2 N–H and O–H groups in total. The zero-order valence-electron chi connectivity index (χ0n) is 77.5. The van der Waals surface area contributed by atoms with Gasteiger partial charge in [0.1, 0.15) is 12.4 Å². The van der Waals surface area contributed by atoms with Gasteiger partial charge in [0, 0.05) is 12.5 Å². The number of unbranched alkanes of at least 4 members (excludes halogenated alkanes) is 17.